The average Bonchev–Trinajstić information content (AvgIpc) is 2.60. The van der Waals surface area contributed by atoms with Gasteiger partial charge in [0.05, 0.1) is 12.2 Å². The van der Waals surface area contributed by atoms with E-state index in [1.807, 2.05) is 0 Å². The number of carboxylic acid groups (broad SMARTS) is 1. The topological polar surface area (TPSA) is 105 Å². The van der Waals surface area contributed by atoms with Gasteiger partial charge in [-0.15, -0.1) is 16.9 Å². The fourth-order valence-corrected chi connectivity index (χ4v) is 1.79. The van der Waals surface area contributed by atoms with Gasteiger partial charge in [-0.3, -0.25) is 14.9 Å². The number of hydrogen-bond donors (Lipinski definition) is 2. The number of aryl methyl sites for hydroxylation is 1. The number of amides is 1. The minimum absolute atomic E-state index is 0.0254. The van der Waals surface area contributed by atoms with Gasteiger partial charge in [0.2, 0.25) is 11.8 Å². The lowest BCUT2D eigenvalue weighted by Crippen LogP contribution is -2.17. The monoisotopic (exact) mass is 259 g/mol. The molecule has 7 nitrogen and oxygen atoms in total. The van der Waals surface area contributed by atoms with Gasteiger partial charge in [0.15, 0.2) is 0 Å². The van der Waals surface area contributed by atoms with E-state index in [1.54, 1.807) is 13.8 Å². The number of carboxylic acids is 1. The van der Waals surface area contributed by atoms with Crippen LogP contribution in [-0.4, -0.2) is 38.2 Å². The van der Waals surface area contributed by atoms with Crippen LogP contribution in [0.2, 0.25) is 0 Å². The van der Waals surface area contributed by atoms with Crippen molar-refractivity contribution in [1.29, 1.82) is 0 Å². The summed E-state index contributed by atoms with van der Waals surface area (Å²) in [6, 6.07) is 0.0546. The summed E-state index contributed by atoms with van der Waals surface area (Å²) in [6.07, 6.45) is 0.0254. The Hall–Kier alpha value is -1.57. The maximum atomic E-state index is 11.4. The molecule has 8 heteroatoms. The second kappa shape index (κ2) is 6.24. The molecule has 1 atom stereocenters. The molecule has 0 bridgehead atoms. The molecule has 0 aromatic carbocycles. The molecule has 0 saturated heterocycles. The van der Waals surface area contributed by atoms with Crippen LogP contribution in [0.3, 0.4) is 0 Å². The minimum Gasteiger partial charge on any atom is -0.481 e. The van der Waals surface area contributed by atoms with Gasteiger partial charge >= 0.3 is 12.0 Å². The standard InChI is InChI=1S/C9H13N3O4S/c1-5(3-8(14)15)17-4-7(13)10-9-12-11-6(2)16-9/h5H,3-4H2,1-2H3,(H,14,15)(H,10,12,13). The van der Waals surface area contributed by atoms with E-state index in [4.69, 9.17) is 9.52 Å². The molecule has 1 unspecified atom stereocenters. The first-order valence-corrected chi connectivity index (χ1v) is 5.95. The molecule has 2 N–H and O–H groups in total. The normalized spacial score (nSPS) is 12.1. The zero-order valence-corrected chi connectivity index (χ0v) is 10.3. The van der Waals surface area contributed by atoms with Gasteiger partial charge in [-0.25, -0.2) is 0 Å². The van der Waals surface area contributed by atoms with E-state index < -0.39 is 5.97 Å². The first kappa shape index (κ1) is 13.5. The number of carbonyl (C=O) groups is 2. The summed E-state index contributed by atoms with van der Waals surface area (Å²) >= 11 is 1.26. The van der Waals surface area contributed by atoms with Crippen LogP contribution in [-0.2, 0) is 9.59 Å². The summed E-state index contributed by atoms with van der Waals surface area (Å²) < 4.78 is 4.97. The van der Waals surface area contributed by atoms with Crippen LogP contribution in [0.15, 0.2) is 4.42 Å². The Morgan fingerprint density at radius 3 is 2.76 bits per heavy atom. The van der Waals surface area contributed by atoms with E-state index in [1.165, 1.54) is 11.8 Å². The third kappa shape index (κ3) is 5.34. The molecule has 0 spiro atoms. The smallest absolute Gasteiger partial charge is 0.322 e. The number of aromatic nitrogens is 2. The van der Waals surface area contributed by atoms with Crippen LogP contribution in [0.1, 0.15) is 19.2 Å². The largest absolute Gasteiger partial charge is 0.481 e. The molecular formula is C9H13N3O4S. The van der Waals surface area contributed by atoms with Crippen LogP contribution < -0.4 is 5.32 Å². The summed E-state index contributed by atoms with van der Waals surface area (Å²) in [4.78, 5) is 21.8. The van der Waals surface area contributed by atoms with Crippen LogP contribution in [0, 0.1) is 6.92 Å². The summed E-state index contributed by atoms with van der Waals surface area (Å²) in [5.74, 6) is -0.656. The van der Waals surface area contributed by atoms with Crippen molar-refractivity contribution in [1.82, 2.24) is 10.2 Å². The van der Waals surface area contributed by atoms with Crippen molar-refractivity contribution < 1.29 is 19.1 Å². The van der Waals surface area contributed by atoms with Crippen molar-refractivity contribution >= 4 is 29.7 Å². The molecule has 1 heterocycles. The maximum Gasteiger partial charge on any atom is 0.322 e. The summed E-state index contributed by atoms with van der Waals surface area (Å²) in [5, 5.41) is 18.0. The summed E-state index contributed by atoms with van der Waals surface area (Å²) in [6.45, 7) is 3.37. The Morgan fingerprint density at radius 1 is 1.53 bits per heavy atom. The predicted molar refractivity (Wildman–Crippen MR) is 61.8 cm³/mol. The highest BCUT2D eigenvalue weighted by Crippen LogP contribution is 2.14. The molecule has 0 aliphatic rings. The van der Waals surface area contributed by atoms with Gasteiger partial charge in [0, 0.05) is 12.2 Å². The van der Waals surface area contributed by atoms with Crippen LogP contribution in [0.4, 0.5) is 6.01 Å². The third-order valence-corrected chi connectivity index (χ3v) is 2.90. The molecule has 0 aliphatic heterocycles. The van der Waals surface area contributed by atoms with Gasteiger partial charge in [-0.05, 0) is 0 Å². The number of hydrogen-bond acceptors (Lipinski definition) is 6. The second-order valence-corrected chi connectivity index (χ2v) is 4.82. The molecule has 0 fully saturated rings. The number of nitrogens with zero attached hydrogens (tertiary/aromatic N) is 2. The van der Waals surface area contributed by atoms with E-state index in [-0.39, 0.29) is 29.3 Å². The first-order valence-electron chi connectivity index (χ1n) is 4.90. The number of aliphatic carboxylic acids is 1. The number of anilines is 1. The second-order valence-electron chi connectivity index (χ2n) is 3.39. The first-order chi connectivity index (χ1) is 7.97. The predicted octanol–water partition coefficient (Wildman–Crippen LogP) is 0.913. The Balaban J connectivity index is 2.28. The Labute approximate surface area is 102 Å². The van der Waals surface area contributed by atoms with E-state index in [0.29, 0.717) is 5.89 Å². The fraction of sp³-hybridized carbons (Fsp3) is 0.556. The zero-order chi connectivity index (χ0) is 12.8. The van der Waals surface area contributed by atoms with Crippen molar-refractivity contribution in [3.63, 3.8) is 0 Å². The van der Waals surface area contributed by atoms with Crippen molar-refractivity contribution in [3.05, 3.63) is 5.89 Å². The molecule has 0 radical (unpaired) electrons. The molecule has 0 aliphatic carbocycles. The van der Waals surface area contributed by atoms with Crippen LogP contribution in [0.25, 0.3) is 0 Å². The SMILES string of the molecule is Cc1nnc(NC(=O)CSC(C)CC(=O)O)o1. The lowest BCUT2D eigenvalue weighted by atomic mass is 10.3. The Kier molecular flexibility index (Phi) is 4.95. The number of thioether (sulfide) groups is 1. The van der Waals surface area contributed by atoms with E-state index in [0.717, 1.165) is 0 Å². The lowest BCUT2D eigenvalue weighted by Gasteiger charge is -2.07. The Bertz CT molecular complexity index is 407. The molecule has 1 rings (SSSR count). The third-order valence-electron chi connectivity index (χ3n) is 1.73. The maximum absolute atomic E-state index is 11.4. The van der Waals surface area contributed by atoms with Crippen molar-refractivity contribution in [2.24, 2.45) is 0 Å². The fourth-order valence-electron chi connectivity index (χ4n) is 1.03. The summed E-state index contributed by atoms with van der Waals surface area (Å²) in [7, 11) is 0. The van der Waals surface area contributed by atoms with E-state index in [9.17, 15) is 9.59 Å². The molecular weight excluding hydrogens is 246 g/mol. The quantitative estimate of drug-likeness (QED) is 0.782. The summed E-state index contributed by atoms with van der Waals surface area (Å²) in [5.41, 5.74) is 0. The van der Waals surface area contributed by atoms with Gasteiger partial charge < -0.3 is 9.52 Å². The van der Waals surface area contributed by atoms with E-state index >= 15 is 0 Å². The Morgan fingerprint density at radius 2 is 2.24 bits per heavy atom. The molecule has 1 amide bonds. The van der Waals surface area contributed by atoms with Crippen LogP contribution in [0.5, 0.6) is 0 Å². The van der Waals surface area contributed by atoms with Gasteiger partial charge in [0.25, 0.3) is 0 Å². The van der Waals surface area contributed by atoms with Gasteiger partial charge in [0.1, 0.15) is 0 Å². The number of nitrogens with one attached hydrogen (secondary N) is 1. The van der Waals surface area contributed by atoms with Crippen molar-refractivity contribution in [2.45, 2.75) is 25.5 Å². The zero-order valence-electron chi connectivity index (χ0n) is 9.47. The average molecular weight is 259 g/mol. The highest BCUT2D eigenvalue weighted by Gasteiger charge is 2.12. The minimum atomic E-state index is -0.877. The molecule has 1 aromatic rings. The molecule has 0 saturated carbocycles. The number of carbonyl (C=O) groups excluding carboxylic acids is 1. The van der Waals surface area contributed by atoms with Gasteiger partial charge in [-0.2, -0.15) is 0 Å². The molecule has 94 valence electrons. The van der Waals surface area contributed by atoms with Gasteiger partial charge in [-0.1, -0.05) is 12.0 Å². The molecule has 17 heavy (non-hydrogen) atoms. The highest BCUT2D eigenvalue weighted by molar-refractivity contribution is 8.00. The lowest BCUT2D eigenvalue weighted by molar-refractivity contribution is -0.136. The molecule has 1 aromatic heterocycles. The highest BCUT2D eigenvalue weighted by atomic mass is 32.2. The van der Waals surface area contributed by atoms with Crippen molar-refractivity contribution in [2.75, 3.05) is 11.1 Å². The van der Waals surface area contributed by atoms with Crippen molar-refractivity contribution in [3.8, 4) is 0 Å². The van der Waals surface area contributed by atoms with E-state index in [2.05, 4.69) is 15.5 Å². The number of rotatable bonds is 6. The van der Waals surface area contributed by atoms with Crippen LogP contribution >= 0.6 is 11.8 Å².